The quantitative estimate of drug-likeness (QED) is 0.874. The Balaban J connectivity index is 2.03. The maximum atomic E-state index is 11.5. The van der Waals surface area contributed by atoms with Crippen molar-refractivity contribution in [2.24, 2.45) is 5.41 Å². The smallest absolute Gasteiger partial charge is 0.354 e. The molecule has 1 heterocycles. The number of carbonyl (C=O) groups is 2. The summed E-state index contributed by atoms with van der Waals surface area (Å²) in [5.41, 5.74) is 2.07. The zero-order valence-electron chi connectivity index (χ0n) is 14.2. The van der Waals surface area contributed by atoms with Gasteiger partial charge in [0.25, 0.3) is 0 Å². The van der Waals surface area contributed by atoms with E-state index in [2.05, 4.69) is 25.8 Å². The summed E-state index contributed by atoms with van der Waals surface area (Å²) in [6.45, 7) is 6.38. The molecule has 0 saturated heterocycles. The normalized spacial score (nSPS) is 17.8. The molecule has 1 unspecified atom stereocenters. The van der Waals surface area contributed by atoms with Crippen LogP contribution in [0.1, 0.15) is 58.7 Å². The molecule has 0 bridgehead atoms. The molecular weight excluding hydrogens is 322 g/mol. The van der Waals surface area contributed by atoms with Gasteiger partial charge in [-0.1, -0.05) is 20.8 Å². The second-order valence-electron chi connectivity index (χ2n) is 7.02. The SMILES string of the molecule is CC1c2cc(C(=O)O)cc(Oc3ccc(C(=O)O)nc3)c2CC1(C)C. The molecule has 0 aliphatic heterocycles. The van der Waals surface area contributed by atoms with Gasteiger partial charge in [-0.15, -0.1) is 0 Å². The largest absolute Gasteiger partial charge is 0.478 e. The van der Waals surface area contributed by atoms with E-state index >= 15 is 0 Å². The number of ether oxygens (including phenoxy) is 1. The Kier molecular flexibility index (Phi) is 3.99. The highest BCUT2D eigenvalue weighted by Crippen LogP contribution is 2.50. The first-order valence-corrected chi connectivity index (χ1v) is 7.96. The van der Waals surface area contributed by atoms with Crippen LogP contribution in [0.15, 0.2) is 30.5 Å². The zero-order chi connectivity index (χ0) is 18.4. The molecule has 1 aromatic carbocycles. The number of aromatic nitrogens is 1. The van der Waals surface area contributed by atoms with Gasteiger partial charge in [0.05, 0.1) is 11.8 Å². The van der Waals surface area contributed by atoms with Crippen LogP contribution in [0.5, 0.6) is 11.5 Å². The predicted molar refractivity (Wildman–Crippen MR) is 90.6 cm³/mol. The molecule has 1 aliphatic rings. The number of benzene rings is 1. The molecule has 0 fully saturated rings. The summed E-state index contributed by atoms with van der Waals surface area (Å²) in [7, 11) is 0. The minimum atomic E-state index is -1.11. The van der Waals surface area contributed by atoms with Gasteiger partial charge in [-0.05, 0) is 53.1 Å². The molecule has 25 heavy (non-hydrogen) atoms. The zero-order valence-corrected chi connectivity index (χ0v) is 14.2. The molecular formula is C19H19NO5. The van der Waals surface area contributed by atoms with Gasteiger partial charge in [0.15, 0.2) is 0 Å². The average molecular weight is 341 g/mol. The van der Waals surface area contributed by atoms with Crippen LogP contribution in [-0.2, 0) is 6.42 Å². The third-order valence-corrected chi connectivity index (χ3v) is 4.94. The third kappa shape index (κ3) is 3.07. The fraction of sp³-hybridized carbons (Fsp3) is 0.316. The molecule has 0 amide bonds. The standard InChI is InChI=1S/C19H19NO5/c1-10-13-6-11(17(21)22)7-16(14(13)8-19(10,2)3)25-12-4-5-15(18(23)24)20-9-12/h4-7,9-10H,8H2,1-3H3,(H,21,22)(H,23,24). The number of fused-ring (bicyclic) bond motifs is 1. The fourth-order valence-corrected chi connectivity index (χ4v) is 3.18. The van der Waals surface area contributed by atoms with Crippen LogP contribution in [0.2, 0.25) is 0 Å². The van der Waals surface area contributed by atoms with Crippen molar-refractivity contribution in [2.45, 2.75) is 33.1 Å². The lowest BCUT2D eigenvalue weighted by Crippen LogP contribution is -2.14. The molecule has 1 atom stereocenters. The highest BCUT2D eigenvalue weighted by molar-refractivity contribution is 5.89. The molecule has 0 spiro atoms. The highest BCUT2D eigenvalue weighted by atomic mass is 16.5. The summed E-state index contributed by atoms with van der Waals surface area (Å²) < 4.78 is 5.87. The topological polar surface area (TPSA) is 96.7 Å². The molecule has 6 nitrogen and oxygen atoms in total. The predicted octanol–water partition coefficient (Wildman–Crippen LogP) is 3.96. The Morgan fingerprint density at radius 2 is 1.92 bits per heavy atom. The van der Waals surface area contributed by atoms with Crippen molar-refractivity contribution in [1.82, 2.24) is 4.98 Å². The van der Waals surface area contributed by atoms with E-state index in [0.717, 1.165) is 17.5 Å². The molecule has 2 aromatic rings. The van der Waals surface area contributed by atoms with Crippen molar-refractivity contribution in [3.05, 3.63) is 52.8 Å². The average Bonchev–Trinajstić information content (AvgIpc) is 2.78. The number of hydrogen-bond acceptors (Lipinski definition) is 4. The fourth-order valence-electron chi connectivity index (χ4n) is 3.18. The first-order valence-electron chi connectivity index (χ1n) is 7.96. The lowest BCUT2D eigenvalue weighted by molar-refractivity contribution is 0.0682. The van der Waals surface area contributed by atoms with Crippen molar-refractivity contribution < 1.29 is 24.5 Å². The summed E-state index contributed by atoms with van der Waals surface area (Å²) in [5.74, 6) is -1.07. The van der Waals surface area contributed by atoms with Gasteiger partial charge in [-0.2, -0.15) is 0 Å². The minimum Gasteiger partial charge on any atom is -0.478 e. The number of rotatable bonds is 4. The molecule has 0 saturated carbocycles. The van der Waals surface area contributed by atoms with E-state index in [-0.39, 0.29) is 22.6 Å². The van der Waals surface area contributed by atoms with Gasteiger partial charge in [0.2, 0.25) is 0 Å². The number of carboxylic acids is 2. The van der Waals surface area contributed by atoms with E-state index in [0.29, 0.717) is 11.5 Å². The summed E-state index contributed by atoms with van der Waals surface area (Å²) in [5, 5.41) is 18.3. The van der Waals surface area contributed by atoms with Crippen LogP contribution in [-0.4, -0.2) is 27.1 Å². The third-order valence-electron chi connectivity index (χ3n) is 4.94. The van der Waals surface area contributed by atoms with Crippen molar-refractivity contribution in [3.8, 4) is 11.5 Å². The van der Waals surface area contributed by atoms with E-state index in [1.54, 1.807) is 6.07 Å². The van der Waals surface area contributed by atoms with Crippen molar-refractivity contribution in [3.63, 3.8) is 0 Å². The number of nitrogens with zero attached hydrogens (tertiary/aromatic N) is 1. The van der Waals surface area contributed by atoms with Gasteiger partial charge in [-0.25, -0.2) is 14.6 Å². The van der Waals surface area contributed by atoms with Gasteiger partial charge in [0.1, 0.15) is 17.2 Å². The summed E-state index contributed by atoms with van der Waals surface area (Å²) >= 11 is 0. The van der Waals surface area contributed by atoms with Crippen LogP contribution in [0, 0.1) is 5.41 Å². The van der Waals surface area contributed by atoms with Crippen LogP contribution in [0.3, 0.4) is 0 Å². The maximum Gasteiger partial charge on any atom is 0.354 e. The summed E-state index contributed by atoms with van der Waals surface area (Å²) in [6, 6.07) is 6.10. The van der Waals surface area contributed by atoms with Crippen LogP contribution < -0.4 is 4.74 Å². The van der Waals surface area contributed by atoms with Gasteiger partial charge in [-0.3, -0.25) is 0 Å². The van der Waals surface area contributed by atoms with E-state index in [1.165, 1.54) is 24.4 Å². The monoisotopic (exact) mass is 341 g/mol. The second kappa shape index (κ2) is 5.88. The molecule has 1 aliphatic carbocycles. The van der Waals surface area contributed by atoms with Crippen molar-refractivity contribution in [1.29, 1.82) is 0 Å². The van der Waals surface area contributed by atoms with E-state index in [1.807, 2.05) is 0 Å². The molecule has 0 radical (unpaired) electrons. The molecule has 2 N–H and O–H groups in total. The Bertz CT molecular complexity index is 855. The van der Waals surface area contributed by atoms with Crippen molar-refractivity contribution >= 4 is 11.9 Å². The molecule has 6 heteroatoms. The lowest BCUT2D eigenvalue weighted by Gasteiger charge is -2.23. The van der Waals surface area contributed by atoms with Gasteiger partial charge < -0.3 is 14.9 Å². The van der Waals surface area contributed by atoms with Crippen LogP contribution >= 0.6 is 0 Å². The molecule has 130 valence electrons. The first-order chi connectivity index (χ1) is 11.7. The van der Waals surface area contributed by atoms with E-state index in [4.69, 9.17) is 9.84 Å². The highest BCUT2D eigenvalue weighted by Gasteiger charge is 2.38. The minimum absolute atomic E-state index is 0.00296. The Morgan fingerprint density at radius 1 is 1.20 bits per heavy atom. The number of pyridine rings is 1. The number of hydrogen-bond donors (Lipinski definition) is 2. The van der Waals surface area contributed by atoms with E-state index in [9.17, 15) is 14.7 Å². The number of aromatic carboxylic acids is 2. The van der Waals surface area contributed by atoms with Gasteiger partial charge in [0, 0.05) is 0 Å². The lowest BCUT2D eigenvalue weighted by atomic mass is 9.81. The molecule has 3 rings (SSSR count). The Labute approximate surface area is 145 Å². The number of carboxylic acid groups (broad SMARTS) is 2. The molecule has 1 aromatic heterocycles. The van der Waals surface area contributed by atoms with Gasteiger partial charge >= 0.3 is 11.9 Å². The Hall–Kier alpha value is -2.89. The van der Waals surface area contributed by atoms with Crippen LogP contribution in [0.25, 0.3) is 0 Å². The van der Waals surface area contributed by atoms with E-state index < -0.39 is 11.9 Å². The van der Waals surface area contributed by atoms with Crippen LogP contribution in [0.4, 0.5) is 0 Å². The second-order valence-corrected chi connectivity index (χ2v) is 7.02. The first kappa shape index (κ1) is 17.0. The summed E-state index contributed by atoms with van der Waals surface area (Å²) in [6.07, 6.45) is 2.10. The maximum absolute atomic E-state index is 11.5. The summed E-state index contributed by atoms with van der Waals surface area (Å²) in [4.78, 5) is 26.2. The van der Waals surface area contributed by atoms with Crippen molar-refractivity contribution in [2.75, 3.05) is 0 Å². The Morgan fingerprint density at radius 3 is 2.48 bits per heavy atom.